The van der Waals surface area contributed by atoms with Crippen LogP contribution in [0.1, 0.15) is 17.0 Å². The first-order chi connectivity index (χ1) is 7.29. The van der Waals surface area contributed by atoms with Crippen LogP contribution < -0.4 is 5.32 Å². The van der Waals surface area contributed by atoms with Gasteiger partial charge in [-0.3, -0.25) is 0 Å². The summed E-state index contributed by atoms with van der Waals surface area (Å²) in [7, 11) is 4.19. The summed E-state index contributed by atoms with van der Waals surface area (Å²) in [5, 5.41) is 3.19. The molecule has 1 aromatic carbocycles. The SMILES string of the molecule is CNCCc1cccc(C2CN(C)C2)c1. The fraction of sp³-hybridized carbons (Fsp3) is 0.538. The minimum atomic E-state index is 0.768. The van der Waals surface area contributed by atoms with Crippen LogP contribution in [-0.2, 0) is 6.42 Å². The van der Waals surface area contributed by atoms with E-state index in [1.807, 2.05) is 7.05 Å². The van der Waals surface area contributed by atoms with Crippen LogP contribution in [0.3, 0.4) is 0 Å². The maximum absolute atomic E-state index is 3.19. The van der Waals surface area contributed by atoms with Crippen LogP contribution >= 0.6 is 0 Å². The number of rotatable bonds is 4. The zero-order valence-corrected chi connectivity index (χ0v) is 9.66. The number of nitrogens with zero attached hydrogens (tertiary/aromatic N) is 1. The quantitative estimate of drug-likeness (QED) is 0.799. The van der Waals surface area contributed by atoms with Gasteiger partial charge in [0.05, 0.1) is 0 Å². The zero-order valence-electron chi connectivity index (χ0n) is 9.66. The van der Waals surface area contributed by atoms with E-state index < -0.39 is 0 Å². The van der Waals surface area contributed by atoms with E-state index in [1.165, 1.54) is 24.2 Å². The van der Waals surface area contributed by atoms with Crippen molar-refractivity contribution in [3.05, 3.63) is 35.4 Å². The molecule has 0 aliphatic carbocycles. The summed E-state index contributed by atoms with van der Waals surface area (Å²) in [6, 6.07) is 9.05. The summed E-state index contributed by atoms with van der Waals surface area (Å²) >= 11 is 0. The Morgan fingerprint density at radius 3 is 2.87 bits per heavy atom. The number of nitrogens with one attached hydrogen (secondary N) is 1. The molecule has 2 rings (SSSR count). The van der Waals surface area contributed by atoms with E-state index in [0.29, 0.717) is 0 Å². The number of likely N-dealkylation sites (tertiary alicyclic amines) is 1. The smallest absolute Gasteiger partial charge is 0.00934 e. The third-order valence-electron chi connectivity index (χ3n) is 3.15. The van der Waals surface area contributed by atoms with Gasteiger partial charge in [0.25, 0.3) is 0 Å². The van der Waals surface area contributed by atoms with Gasteiger partial charge < -0.3 is 10.2 Å². The lowest BCUT2D eigenvalue weighted by Crippen LogP contribution is -2.41. The zero-order chi connectivity index (χ0) is 10.7. The third kappa shape index (κ3) is 2.58. The molecule has 2 nitrogen and oxygen atoms in total. The van der Waals surface area contributed by atoms with Crippen molar-refractivity contribution in [1.29, 1.82) is 0 Å². The van der Waals surface area contributed by atoms with Crippen molar-refractivity contribution in [1.82, 2.24) is 10.2 Å². The van der Waals surface area contributed by atoms with E-state index in [-0.39, 0.29) is 0 Å². The van der Waals surface area contributed by atoms with E-state index in [4.69, 9.17) is 0 Å². The molecule has 0 bridgehead atoms. The molecule has 1 aliphatic rings. The second kappa shape index (κ2) is 4.77. The Balaban J connectivity index is 1.99. The normalized spacial score (nSPS) is 17.7. The van der Waals surface area contributed by atoms with Crippen molar-refractivity contribution in [2.24, 2.45) is 0 Å². The fourth-order valence-electron chi connectivity index (χ4n) is 2.18. The van der Waals surface area contributed by atoms with Crippen molar-refractivity contribution >= 4 is 0 Å². The molecule has 2 heteroatoms. The first kappa shape index (κ1) is 10.7. The van der Waals surface area contributed by atoms with Gasteiger partial charge in [-0.15, -0.1) is 0 Å². The monoisotopic (exact) mass is 204 g/mol. The first-order valence-electron chi connectivity index (χ1n) is 5.71. The van der Waals surface area contributed by atoms with Crippen molar-refractivity contribution in [3.8, 4) is 0 Å². The number of hydrogen-bond acceptors (Lipinski definition) is 2. The van der Waals surface area contributed by atoms with Crippen LogP contribution in [0.4, 0.5) is 0 Å². The summed E-state index contributed by atoms with van der Waals surface area (Å²) in [6.45, 7) is 3.50. The molecular weight excluding hydrogens is 184 g/mol. The number of hydrogen-bond donors (Lipinski definition) is 1. The van der Waals surface area contributed by atoms with Gasteiger partial charge >= 0.3 is 0 Å². The Kier molecular flexibility index (Phi) is 3.39. The summed E-state index contributed by atoms with van der Waals surface area (Å²) in [5.74, 6) is 0.768. The molecule has 0 unspecified atom stereocenters. The van der Waals surface area contributed by atoms with Crippen LogP contribution in [0.5, 0.6) is 0 Å². The maximum atomic E-state index is 3.19. The molecule has 1 heterocycles. The molecule has 15 heavy (non-hydrogen) atoms. The number of likely N-dealkylation sites (N-methyl/N-ethyl adjacent to an activating group) is 2. The molecule has 1 saturated heterocycles. The molecule has 1 fully saturated rings. The molecule has 0 aromatic heterocycles. The molecule has 0 radical (unpaired) electrons. The van der Waals surface area contributed by atoms with Crippen LogP contribution in [0.25, 0.3) is 0 Å². The Bertz CT molecular complexity index is 316. The third-order valence-corrected chi connectivity index (χ3v) is 3.15. The van der Waals surface area contributed by atoms with Gasteiger partial charge in [0.15, 0.2) is 0 Å². The van der Waals surface area contributed by atoms with E-state index in [1.54, 1.807) is 0 Å². The minimum Gasteiger partial charge on any atom is -0.319 e. The van der Waals surface area contributed by atoms with Crippen molar-refractivity contribution < 1.29 is 0 Å². The predicted molar refractivity (Wildman–Crippen MR) is 64.3 cm³/mol. The van der Waals surface area contributed by atoms with Gasteiger partial charge in [0.1, 0.15) is 0 Å². The lowest BCUT2D eigenvalue weighted by Gasteiger charge is -2.36. The molecule has 0 saturated carbocycles. The Morgan fingerprint density at radius 1 is 1.40 bits per heavy atom. The highest BCUT2D eigenvalue weighted by Crippen LogP contribution is 2.25. The highest BCUT2D eigenvalue weighted by atomic mass is 15.2. The molecule has 1 N–H and O–H groups in total. The van der Waals surface area contributed by atoms with Crippen molar-refractivity contribution in [3.63, 3.8) is 0 Å². The van der Waals surface area contributed by atoms with Crippen LogP contribution in [0, 0.1) is 0 Å². The second-order valence-electron chi connectivity index (χ2n) is 4.52. The summed E-state index contributed by atoms with van der Waals surface area (Å²) in [5.41, 5.74) is 2.97. The lowest BCUT2D eigenvalue weighted by atomic mass is 9.90. The van der Waals surface area contributed by atoms with Crippen LogP contribution in [-0.4, -0.2) is 38.6 Å². The van der Waals surface area contributed by atoms with Crippen molar-refractivity contribution in [2.75, 3.05) is 33.7 Å². The molecule has 0 spiro atoms. The van der Waals surface area contributed by atoms with Gasteiger partial charge in [0, 0.05) is 19.0 Å². The van der Waals surface area contributed by atoms with Gasteiger partial charge in [-0.1, -0.05) is 24.3 Å². The average molecular weight is 204 g/mol. The molecular formula is C13H20N2. The Labute approximate surface area is 92.3 Å². The summed E-state index contributed by atoms with van der Waals surface area (Å²) < 4.78 is 0. The van der Waals surface area contributed by atoms with Crippen molar-refractivity contribution in [2.45, 2.75) is 12.3 Å². The molecule has 0 atom stereocenters. The average Bonchev–Trinajstić information content (AvgIpc) is 2.22. The van der Waals surface area contributed by atoms with E-state index in [2.05, 4.69) is 41.5 Å². The van der Waals surface area contributed by atoms with Crippen LogP contribution in [0.2, 0.25) is 0 Å². The van der Waals surface area contributed by atoms with Gasteiger partial charge in [-0.25, -0.2) is 0 Å². The van der Waals surface area contributed by atoms with Gasteiger partial charge in [-0.2, -0.15) is 0 Å². The molecule has 82 valence electrons. The van der Waals surface area contributed by atoms with E-state index in [9.17, 15) is 0 Å². The van der Waals surface area contributed by atoms with Gasteiger partial charge in [0.2, 0.25) is 0 Å². The van der Waals surface area contributed by atoms with Gasteiger partial charge in [-0.05, 0) is 38.2 Å². The summed E-state index contributed by atoms with van der Waals surface area (Å²) in [6.07, 6.45) is 1.13. The maximum Gasteiger partial charge on any atom is 0.00934 e. The second-order valence-corrected chi connectivity index (χ2v) is 4.52. The molecule has 1 aliphatic heterocycles. The molecule has 1 aromatic rings. The lowest BCUT2D eigenvalue weighted by molar-refractivity contribution is 0.189. The van der Waals surface area contributed by atoms with E-state index in [0.717, 1.165) is 18.9 Å². The predicted octanol–water partition coefficient (Wildman–Crippen LogP) is 1.48. The fourth-order valence-corrected chi connectivity index (χ4v) is 2.18. The topological polar surface area (TPSA) is 15.3 Å². The highest BCUT2D eigenvalue weighted by molar-refractivity contribution is 5.28. The standard InChI is InChI=1S/C13H20N2/c1-14-7-6-11-4-3-5-12(8-11)13-9-15(2)10-13/h3-5,8,13-14H,6-7,9-10H2,1-2H3. The summed E-state index contributed by atoms with van der Waals surface area (Å²) in [4.78, 5) is 2.37. The highest BCUT2D eigenvalue weighted by Gasteiger charge is 2.24. The first-order valence-corrected chi connectivity index (χ1v) is 5.71. The minimum absolute atomic E-state index is 0.768. The molecule has 0 amide bonds. The van der Waals surface area contributed by atoms with Crippen LogP contribution in [0.15, 0.2) is 24.3 Å². The number of benzene rings is 1. The Hall–Kier alpha value is -0.860. The van der Waals surface area contributed by atoms with E-state index >= 15 is 0 Å². The largest absolute Gasteiger partial charge is 0.319 e. The Morgan fingerprint density at radius 2 is 2.20 bits per heavy atom.